The fourth-order valence-electron chi connectivity index (χ4n) is 3.09. The second-order valence-electron chi connectivity index (χ2n) is 5.65. The van der Waals surface area contributed by atoms with Crippen LogP contribution < -0.4 is 5.32 Å². The van der Waals surface area contributed by atoms with E-state index < -0.39 is 0 Å². The van der Waals surface area contributed by atoms with Crippen molar-refractivity contribution in [1.29, 1.82) is 0 Å². The van der Waals surface area contributed by atoms with E-state index in [0.29, 0.717) is 6.04 Å². The zero-order valence-electron chi connectivity index (χ0n) is 12.4. The summed E-state index contributed by atoms with van der Waals surface area (Å²) in [5.41, 5.74) is 4.04. The molecule has 1 atom stereocenters. The molecule has 0 radical (unpaired) electrons. The van der Waals surface area contributed by atoms with Crippen molar-refractivity contribution in [2.45, 2.75) is 45.6 Å². The number of nitrogens with zero attached hydrogens (tertiary/aromatic N) is 2. The summed E-state index contributed by atoms with van der Waals surface area (Å²) in [5, 5.41) is 3.49. The predicted octanol–water partition coefficient (Wildman–Crippen LogP) is 3.94. The van der Waals surface area contributed by atoms with E-state index in [1.165, 1.54) is 36.8 Å². The average Bonchev–Trinajstić information content (AvgIpc) is 3.02. The molecule has 0 amide bonds. The largest absolute Gasteiger partial charge is 0.356 e. The van der Waals surface area contributed by atoms with Crippen LogP contribution in [0.3, 0.4) is 0 Å². The molecule has 2 aromatic rings. The Bertz CT molecular complexity index is 586. The second-order valence-corrected chi connectivity index (χ2v) is 5.65. The van der Waals surface area contributed by atoms with Crippen LogP contribution in [0.5, 0.6) is 0 Å². The first-order valence-corrected chi connectivity index (χ1v) is 7.66. The molecule has 3 nitrogen and oxygen atoms in total. The lowest BCUT2D eigenvalue weighted by atomic mass is 10.1. The van der Waals surface area contributed by atoms with Gasteiger partial charge < -0.3 is 9.88 Å². The highest BCUT2D eigenvalue weighted by Gasteiger charge is 2.25. The summed E-state index contributed by atoms with van der Waals surface area (Å²) >= 11 is 0. The molecule has 3 rings (SSSR count). The van der Waals surface area contributed by atoms with Crippen molar-refractivity contribution in [3.8, 4) is 0 Å². The number of imidazole rings is 1. The van der Waals surface area contributed by atoms with Gasteiger partial charge in [-0.05, 0) is 37.3 Å². The topological polar surface area (TPSA) is 29.9 Å². The smallest absolute Gasteiger partial charge is 0.203 e. The van der Waals surface area contributed by atoms with Gasteiger partial charge in [-0.2, -0.15) is 0 Å². The van der Waals surface area contributed by atoms with Crippen molar-refractivity contribution in [1.82, 2.24) is 9.55 Å². The molecule has 3 heteroatoms. The second kappa shape index (κ2) is 5.70. The normalized spacial score (nSPS) is 17.2. The number of anilines is 1. The third kappa shape index (κ3) is 2.45. The van der Waals surface area contributed by atoms with Crippen LogP contribution in [0.4, 0.5) is 5.95 Å². The molecular formula is C17H23N3. The summed E-state index contributed by atoms with van der Waals surface area (Å²) < 4.78 is 2.33. The Balaban J connectivity index is 1.87. The third-order valence-electron chi connectivity index (χ3n) is 4.10. The molecule has 20 heavy (non-hydrogen) atoms. The van der Waals surface area contributed by atoms with Crippen molar-refractivity contribution in [3.05, 3.63) is 47.3 Å². The Kier molecular flexibility index (Phi) is 3.77. The van der Waals surface area contributed by atoms with E-state index in [9.17, 15) is 0 Å². The van der Waals surface area contributed by atoms with Gasteiger partial charge in [0.05, 0.1) is 11.7 Å². The van der Waals surface area contributed by atoms with Crippen LogP contribution in [0.1, 0.15) is 49.0 Å². The summed E-state index contributed by atoms with van der Waals surface area (Å²) in [7, 11) is 0. The number of hydrogen-bond acceptors (Lipinski definition) is 2. The van der Waals surface area contributed by atoms with Crippen LogP contribution >= 0.6 is 0 Å². The zero-order chi connectivity index (χ0) is 13.9. The summed E-state index contributed by atoms with van der Waals surface area (Å²) in [6.45, 7) is 5.29. The van der Waals surface area contributed by atoms with E-state index >= 15 is 0 Å². The maximum Gasteiger partial charge on any atom is 0.203 e. The van der Waals surface area contributed by atoms with Gasteiger partial charge in [0.2, 0.25) is 5.95 Å². The van der Waals surface area contributed by atoms with Gasteiger partial charge in [0.25, 0.3) is 0 Å². The standard InChI is InChI=1S/C17H23N3/c1-3-4-11-18-17-19-13(2)12-20(17)16-10-9-14-7-5-6-8-15(14)16/h5-8,12,16H,3-4,9-11H2,1-2H3,(H,18,19). The Hall–Kier alpha value is -1.77. The molecule has 106 valence electrons. The molecule has 0 aliphatic heterocycles. The highest BCUT2D eigenvalue weighted by Crippen LogP contribution is 2.35. The summed E-state index contributed by atoms with van der Waals surface area (Å²) in [5.74, 6) is 1.03. The van der Waals surface area contributed by atoms with Gasteiger partial charge in [0.15, 0.2) is 0 Å². The van der Waals surface area contributed by atoms with E-state index in [4.69, 9.17) is 0 Å². The fourth-order valence-corrected chi connectivity index (χ4v) is 3.09. The summed E-state index contributed by atoms with van der Waals surface area (Å²) in [6.07, 6.45) is 6.93. The zero-order valence-corrected chi connectivity index (χ0v) is 12.4. The monoisotopic (exact) mass is 269 g/mol. The molecular weight excluding hydrogens is 246 g/mol. The maximum absolute atomic E-state index is 4.65. The van der Waals surface area contributed by atoms with E-state index in [0.717, 1.165) is 18.2 Å². The van der Waals surface area contributed by atoms with Crippen LogP contribution in [0, 0.1) is 6.92 Å². The number of aromatic nitrogens is 2. The Morgan fingerprint density at radius 2 is 2.20 bits per heavy atom. The number of nitrogens with one attached hydrogen (secondary N) is 1. The van der Waals surface area contributed by atoms with E-state index in [1.807, 2.05) is 0 Å². The third-order valence-corrected chi connectivity index (χ3v) is 4.10. The van der Waals surface area contributed by atoms with Gasteiger partial charge in [-0.25, -0.2) is 4.98 Å². The van der Waals surface area contributed by atoms with Crippen LogP contribution in [0.25, 0.3) is 0 Å². The van der Waals surface area contributed by atoms with Gasteiger partial charge in [-0.15, -0.1) is 0 Å². The molecule has 0 bridgehead atoms. The summed E-state index contributed by atoms with van der Waals surface area (Å²) in [6, 6.07) is 9.24. The van der Waals surface area contributed by atoms with Crippen LogP contribution in [-0.2, 0) is 6.42 Å². The first kappa shape index (κ1) is 13.2. The number of hydrogen-bond donors (Lipinski definition) is 1. The first-order chi connectivity index (χ1) is 9.79. The minimum Gasteiger partial charge on any atom is -0.356 e. The first-order valence-electron chi connectivity index (χ1n) is 7.66. The minimum atomic E-state index is 0.441. The van der Waals surface area contributed by atoms with Gasteiger partial charge in [0.1, 0.15) is 0 Å². The minimum absolute atomic E-state index is 0.441. The lowest BCUT2D eigenvalue weighted by Gasteiger charge is -2.17. The molecule has 1 N–H and O–H groups in total. The van der Waals surface area contributed by atoms with E-state index in [-0.39, 0.29) is 0 Å². The molecule has 0 saturated heterocycles. The molecule has 1 unspecified atom stereocenters. The van der Waals surface area contributed by atoms with E-state index in [2.05, 4.69) is 59.2 Å². The highest BCUT2D eigenvalue weighted by molar-refractivity contribution is 5.39. The van der Waals surface area contributed by atoms with Crippen molar-refractivity contribution in [3.63, 3.8) is 0 Å². The van der Waals surface area contributed by atoms with Gasteiger partial charge in [0, 0.05) is 12.7 Å². The SMILES string of the molecule is CCCCNc1nc(C)cn1C1CCc2ccccc21. The maximum atomic E-state index is 4.65. The van der Waals surface area contributed by atoms with Crippen molar-refractivity contribution in [2.24, 2.45) is 0 Å². The van der Waals surface area contributed by atoms with Crippen molar-refractivity contribution >= 4 is 5.95 Å². The molecule has 1 aliphatic carbocycles. The van der Waals surface area contributed by atoms with E-state index in [1.54, 1.807) is 0 Å². The highest BCUT2D eigenvalue weighted by atomic mass is 15.2. The Labute approximate surface area is 121 Å². The predicted molar refractivity (Wildman–Crippen MR) is 83.3 cm³/mol. The van der Waals surface area contributed by atoms with Gasteiger partial charge in [-0.1, -0.05) is 37.6 Å². The van der Waals surface area contributed by atoms with Crippen LogP contribution in [0.15, 0.2) is 30.5 Å². The molecule has 1 aromatic heterocycles. The number of unbranched alkanes of at least 4 members (excludes halogenated alkanes) is 1. The molecule has 1 aliphatic rings. The molecule has 0 spiro atoms. The van der Waals surface area contributed by atoms with Crippen molar-refractivity contribution in [2.75, 3.05) is 11.9 Å². The average molecular weight is 269 g/mol. The molecule has 1 aromatic carbocycles. The van der Waals surface area contributed by atoms with Gasteiger partial charge >= 0.3 is 0 Å². The Morgan fingerprint density at radius 1 is 1.35 bits per heavy atom. The fraction of sp³-hybridized carbons (Fsp3) is 0.471. The van der Waals surface area contributed by atoms with Crippen LogP contribution in [0.2, 0.25) is 0 Å². The molecule has 0 fully saturated rings. The summed E-state index contributed by atoms with van der Waals surface area (Å²) in [4.78, 5) is 4.65. The number of fused-ring (bicyclic) bond motifs is 1. The van der Waals surface area contributed by atoms with Gasteiger partial charge in [-0.3, -0.25) is 0 Å². The molecule has 1 heterocycles. The van der Waals surface area contributed by atoms with Crippen molar-refractivity contribution < 1.29 is 0 Å². The number of benzene rings is 1. The lowest BCUT2D eigenvalue weighted by molar-refractivity contribution is 0.583. The number of aryl methyl sites for hydroxylation is 2. The molecule has 0 saturated carbocycles. The van der Waals surface area contributed by atoms with Crippen LogP contribution in [-0.4, -0.2) is 16.1 Å². The number of rotatable bonds is 5. The Morgan fingerprint density at radius 3 is 3.05 bits per heavy atom. The quantitative estimate of drug-likeness (QED) is 0.833. The lowest BCUT2D eigenvalue weighted by Crippen LogP contribution is -2.12.